The molecule has 1 aromatic carbocycles. The van der Waals surface area contributed by atoms with Crippen LogP contribution in [0.5, 0.6) is 0 Å². The van der Waals surface area contributed by atoms with Gasteiger partial charge in [0.25, 0.3) is 0 Å². The molecule has 0 aromatic heterocycles. The van der Waals surface area contributed by atoms with Gasteiger partial charge in [-0.1, -0.05) is 0 Å². The fourth-order valence-corrected chi connectivity index (χ4v) is 1.70. The van der Waals surface area contributed by atoms with E-state index in [1.165, 1.54) is 12.1 Å². The van der Waals surface area contributed by atoms with Crippen LogP contribution in [0.15, 0.2) is 18.2 Å². The summed E-state index contributed by atoms with van der Waals surface area (Å²) in [5.41, 5.74) is 0.111. The van der Waals surface area contributed by atoms with Gasteiger partial charge in [0.1, 0.15) is 5.82 Å². The largest absolute Gasteiger partial charge is 0.481 e. The SMILES string of the molecule is Cc1cc(F)cc(NC(=O)NC(C)(C)CC(=O)O)c1. The molecule has 0 heterocycles. The van der Waals surface area contributed by atoms with Crippen LogP contribution >= 0.6 is 0 Å². The molecule has 0 aliphatic rings. The van der Waals surface area contributed by atoms with Gasteiger partial charge in [-0.3, -0.25) is 4.79 Å². The van der Waals surface area contributed by atoms with Gasteiger partial charge in [-0.15, -0.1) is 0 Å². The van der Waals surface area contributed by atoms with E-state index >= 15 is 0 Å². The van der Waals surface area contributed by atoms with E-state index in [0.717, 1.165) is 0 Å². The van der Waals surface area contributed by atoms with Crippen molar-refractivity contribution in [1.29, 1.82) is 0 Å². The average molecular weight is 268 g/mol. The third kappa shape index (κ3) is 5.37. The molecule has 19 heavy (non-hydrogen) atoms. The normalized spacial score (nSPS) is 10.9. The molecular formula is C13H17FN2O3. The van der Waals surface area contributed by atoms with Crippen LogP contribution in [-0.2, 0) is 4.79 Å². The second kappa shape index (κ2) is 5.69. The summed E-state index contributed by atoms with van der Waals surface area (Å²) in [5.74, 6) is -1.45. The van der Waals surface area contributed by atoms with E-state index in [-0.39, 0.29) is 6.42 Å². The van der Waals surface area contributed by atoms with Crippen molar-refractivity contribution < 1.29 is 19.1 Å². The molecule has 0 aliphatic carbocycles. The number of carbonyl (C=O) groups is 2. The Balaban J connectivity index is 2.67. The molecule has 0 aliphatic heterocycles. The number of hydrogen-bond donors (Lipinski definition) is 3. The Kier molecular flexibility index (Phi) is 4.47. The lowest BCUT2D eigenvalue weighted by Gasteiger charge is -2.24. The van der Waals surface area contributed by atoms with E-state index < -0.39 is 23.4 Å². The second-order valence-corrected chi connectivity index (χ2v) is 5.05. The smallest absolute Gasteiger partial charge is 0.319 e. The number of hydrogen-bond acceptors (Lipinski definition) is 2. The Morgan fingerprint density at radius 3 is 2.47 bits per heavy atom. The summed E-state index contributed by atoms with van der Waals surface area (Å²) in [5, 5.41) is 13.7. The number of anilines is 1. The number of aryl methyl sites for hydroxylation is 1. The molecule has 2 amide bonds. The molecule has 0 spiro atoms. The van der Waals surface area contributed by atoms with Crippen LogP contribution in [0.2, 0.25) is 0 Å². The first-order valence-electron chi connectivity index (χ1n) is 5.76. The Bertz CT molecular complexity index is 480. The van der Waals surface area contributed by atoms with Crippen molar-refractivity contribution in [2.24, 2.45) is 0 Å². The van der Waals surface area contributed by atoms with Gasteiger partial charge >= 0.3 is 12.0 Å². The summed E-state index contributed by atoms with van der Waals surface area (Å²) in [6, 6.07) is 3.58. The van der Waals surface area contributed by atoms with Crippen LogP contribution in [0.1, 0.15) is 25.8 Å². The van der Waals surface area contributed by atoms with Gasteiger partial charge in [0.15, 0.2) is 0 Å². The molecular weight excluding hydrogens is 251 g/mol. The van der Waals surface area contributed by atoms with E-state index in [1.54, 1.807) is 26.8 Å². The first-order chi connectivity index (χ1) is 8.68. The monoisotopic (exact) mass is 268 g/mol. The molecule has 1 rings (SSSR count). The van der Waals surface area contributed by atoms with Crippen molar-refractivity contribution in [2.45, 2.75) is 32.7 Å². The van der Waals surface area contributed by atoms with Gasteiger partial charge in [-0.25, -0.2) is 9.18 Å². The molecule has 5 nitrogen and oxygen atoms in total. The van der Waals surface area contributed by atoms with Gasteiger partial charge in [-0.05, 0) is 44.5 Å². The average Bonchev–Trinajstić information content (AvgIpc) is 2.10. The summed E-state index contributed by atoms with van der Waals surface area (Å²) in [7, 11) is 0. The summed E-state index contributed by atoms with van der Waals surface area (Å²) in [6.45, 7) is 4.90. The number of benzene rings is 1. The fraction of sp³-hybridized carbons (Fsp3) is 0.385. The highest BCUT2D eigenvalue weighted by Gasteiger charge is 2.23. The number of carboxylic acids is 1. The Morgan fingerprint density at radius 2 is 1.95 bits per heavy atom. The van der Waals surface area contributed by atoms with Crippen molar-refractivity contribution >= 4 is 17.7 Å². The quantitative estimate of drug-likeness (QED) is 0.785. The van der Waals surface area contributed by atoms with Crippen LogP contribution < -0.4 is 10.6 Å². The van der Waals surface area contributed by atoms with Gasteiger partial charge < -0.3 is 15.7 Å². The first kappa shape index (κ1) is 14.9. The van der Waals surface area contributed by atoms with Crippen LogP contribution in [0, 0.1) is 12.7 Å². The van der Waals surface area contributed by atoms with Crippen LogP contribution in [-0.4, -0.2) is 22.6 Å². The summed E-state index contributed by atoms with van der Waals surface area (Å²) >= 11 is 0. The molecule has 3 N–H and O–H groups in total. The lowest BCUT2D eigenvalue weighted by molar-refractivity contribution is -0.138. The minimum Gasteiger partial charge on any atom is -0.481 e. The third-order valence-corrected chi connectivity index (χ3v) is 2.35. The van der Waals surface area contributed by atoms with E-state index in [0.29, 0.717) is 11.3 Å². The number of rotatable bonds is 4. The predicted octanol–water partition coefficient (Wildman–Crippen LogP) is 2.51. The zero-order chi connectivity index (χ0) is 14.6. The van der Waals surface area contributed by atoms with Crippen LogP contribution in [0.25, 0.3) is 0 Å². The van der Waals surface area contributed by atoms with Gasteiger partial charge in [0.05, 0.1) is 6.42 Å². The predicted molar refractivity (Wildman–Crippen MR) is 69.6 cm³/mol. The van der Waals surface area contributed by atoms with Crippen molar-refractivity contribution in [1.82, 2.24) is 5.32 Å². The maximum Gasteiger partial charge on any atom is 0.319 e. The van der Waals surface area contributed by atoms with Crippen molar-refractivity contribution in [3.63, 3.8) is 0 Å². The zero-order valence-corrected chi connectivity index (χ0v) is 11.1. The third-order valence-electron chi connectivity index (χ3n) is 2.35. The highest BCUT2D eigenvalue weighted by atomic mass is 19.1. The molecule has 0 bridgehead atoms. The lowest BCUT2D eigenvalue weighted by Crippen LogP contribution is -2.46. The molecule has 6 heteroatoms. The number of carbonyl (C=O) groups excluding carboxylic acids is 1. The number of halogens is 1. The summed E-state index contributed by atoms with van der Waals surface area (Å²) < 4.78 is 13.1. The standard InChI is InChI=1S/C13H17FN2O3/c1-8-4-9(14)6-10(5-8)15-12(19)16-13(2,3)7-11(17)18/h4-6H,7H2,1-3H3,(H,17,18)(H2,15,16,19). The maximum absolute atomic E-state index is 13.1. The van der Waals surface area contributed by atoms with Crippen molar-refractivity contribution in [3.05, 3.63) is 29.6 Å². The second-order valence-electron chi connectivity index (χ2n) is 5.05. The first-order valence-corrected chi connectivity index (χ1v) is 5.76. The molecule has 0 saturated heterocycles. The number of nitrogens with one attached hydrogen (secondary N) is 2. The molecule has 0 fully saturated rings. The molecule has 0 unspecified atom stereocenters. The number of carboxylic acid groups (broad SMARTS) is 1. The highest BCUT2D eigenvalue weighted by molar-refractivity contribution is 5.90. The Hall–Kier alpha value is -2.11. The highest BCUT2D eigenvalue weighted by Crippen LogP contribution is 2.14. The number of aliphatic carboxylic acids is 1. The fourth-order valence-electron chi connectivity index (χ4n) is 1.70. The molecule has 0 radical (unpaired) electrons. The van der Waals surface area contributed by atoms with Crippen LogP contribution in [0.4, 0.5) is 14.9 Å². The maximum atomic E-state index is 13.1. The zero-order valence-electron chi connectivity index (χ0n) is 11.1. The summed E-state index contributed by atoms with van der Waals surface area (Å²) in [4.78, 5) is 22.3. The van der Waals surface area contributed by atoms with Crippen LogP contribution in [0.3, 0.4) is 0 Å². The number of urea groups is 1. The molecule has 0 saturated carbocycles. The molecule has 0 atom stereocenters. The topological polar surface area (TPSA) is 78.4 Å². The Labute approximate surface area is 110 Å². The van der Waals surface area contributed by atoms with Gasteiger partial charge in [-0.2, -0.15) is 0 Å². The minimum absolute atomic E-state index is 0.206. The Morgan fingerprint density at radius 1 is 1.32 bits per heavy atom. The van der Waals surface area contributed by atoms with E-state index in [2.05, 4.69) is 10.6 Å². The molecule has 1 aromatic rings. The summed E-state index contributed by atoms with van der Waals surface area (Å²) in [6.07, 6.45) is -0.206. The van der Waals surface area contributed by atoms with Crippen molar-refractivity contribution in [3.8, 4) is 0 Å². The van der Waals surface area contributed by atoms with Gasteiger partial charge in [0, 0.05) is 11.2 Å². The minimum atomic E-state index is -1.01. The van der Waals surface area contributed by atoms with E-state index in [4.69, 9.17) is 5.11 Å². The van der Waals surface area contributed by atoms with E-state index in [1.807, 2.05) is 0 Å². The van der Waals surface area contributed by atoms with Gasteiger partial charge in [0.2, 0.25) is 0 Å². The van der Waals surface area contributed by atoms with Crippen molar-refractivity contribution in [2.75, 3.05) is 5.32 Å². The molecule has 104 valence electrons. The van der Waals surface area contributed by atoms with E-state index in [9.17, 15) is 14.0 Å². The lowest BCUT2D eigenvalue weighted by atomic mass is 10.0. The number of amides is 2.